The van der Waals surface area contributed by atoms with E-state index in [0.29, 0.717) is 11.3 Å². The minimum absolute atomic E-state index is 0.157. The molecule has 0 aromatic heterocycles. The Morgan fingerprint density at radius 3 is 2.65 bits per heavy atom. The van der Waals surface area contributed by atoms with Gasteiger partial charge in [0.2, 0.25) is 5.91 Å². The first-order valence-corrected chi connectivity index (χ1v) is 6.69. The molecule has 0 bridgehead atoms. The molecule has 1 aliphatic rings. The Kier molecular flexibility index (Phi) is 4.24. The molecule has 1 unspecified atom stereocenters. The highest BCUT2D eigenvalue weighted by Crippen LogP contribution is 2.19. The van der Waals surface area contributed by atoms with Crippen LogP contribution in [-0.4, -0.2) is 23.9 Å². The van der Waals surface area contributed by atoms with E-state index in [0.717, 1.165) is 18.4 Å². The molecule has 5 N–H and O–H groups in total. The van der Waals surface area contributed by atoms with Gasteiger partial charge in [0.05, 0.1) is 11.3 Å². The number of amides is 2. The molecule has 1 aromatic carbocycles. The van der Waals surface area contributed by atoms with E-state index in [4.69, 9.17) is 5.84 Å². The van der Waals surface area contributed by atoms with Crippen molar-refractivity contribution in [3.8, 4) is 0 Å². The number of rotatable bonds is 5. The highest BCUT2D eigenvalue weighted by Gasteiger charge is 2.26. The van der Waals surface area contributed by atoms with E-state index in [1.165, 1.54) is 0 Å². The van der Waals surface area contributed by atoms with Gasteiger partial charge < -0.3 is 16.1 Å². The van der Waals surface area contributed by atoms with Crippen molar-refractivity contribution in [1.29, 1.82) is 0 Å². The minimum atomic E-state index is -0.574. The molecular weight excluding hydrogens is 256 g/mol. The molecular formula is C14H20N4O2. The molecule has 6 nitrogen and oxygen atoms in total. The van der Waals surface area contributed by atoms with Crippen LogP contribution in [0.15, 0.2) is 18.2 Å². The second-order valence-corrected chi connectivity index (χ2v) is 5.17. The number of aryl methyl sites for hydroxylation is 1. The van der Waals surface area contributed by atoms with E-state index in [9.17, 15) is 9.59 Å². The molecule has 2 amide bonds. The van der Waals surface area contributed by atoms with Crippen LogP contribution in [0.4, 0.5) is 5.69 Å². The van der Waals surface area contributed by atoms with E-state index in [2.05, 4.69) is 16.1 Å². The van der Waals surface area contributed by atoms with Crippen molar-refractivity contribution in [2.24, 2.45) is 5.84 Å². The Bertz CT molecular complexity index is 526. The molecule has 1 saturated carbocycles. The van der Waals surface area contributed by atoms with Gasteiger partial charge in [0, 0.05) is 6.04 Å². The zero-order valence-electron chi connectivity index (χ0n) is 11.7. The van der Waals surface area contributed by atoms with E-state index in [-0.39, 0.29) is 17.9 Å². The second kappa shape index (κ2) is 5.92. The molecule has 0 aliphatic heterocycles. The van der Waals surface area contributed by atoms with Gasteiger partial charge >= 0.3 is 0 Å². The lowest BCUT2D eigenvalue weighted by Crippen LogP contribution is -2.45. The van der Waals surface area contributed by atoms with Crippen LogP contribution in [0.25, 0.3) is 0 Å². The zero-order chi connectivity index (χ0) is 14.7. The average molecular weight is 276 g/mol. The van der Waals surface area contributed by atoms with Gasteiger partial charge in [-0.3, -0.25) is 15.4 Å². The normalized spacial score (nSPS) is 15.3. The summed E-state index contributed by atoms with van der Waals surface area (Å²) in [6.07, 6.45) is 2.04. The van der Waals surface area contributed by atoms with Gasteiger partial charge in [-0.15, -0.1) is 0 Å². The maximum atomic E-state index is 12.2. The number of hydrazine groups is 1. The van der Waals surface area contributed by atoms with E-state index < -0.39 is 6.04 Å². The van der Waals surface area contributed by atoms with Crippen molar-refractivity contribution in [1.82, 2.24) is 10.6 Å². The van der Waals surface area contributed by atoms with Gasteiger partial charge in [0.1, 0.15) is 6.04 Å². The summed E-state index contributed by atoms with van der Waals surface area (Å²) in [5.41, 5.74) is 4.45. The Labute approximate surface area is 118 Å². The Morgan fingerprint density at radius 2 is 2.05 bits per heavy atom. The summed E-state index contributed by atoms with van der Waals surface area (Å²) in [5.74, 6) is 4.93. The van der Waals surface area contributed by atoms with Crippen molar-refractivity contribution in [2.45, 2.75) is 38.8 Å². The molecule has 1 aromatic rings. The molecule has 20 heavy (non-hydrogen) atoms. The van der Waals surface area contributed by atoms with Gasteiger partial charge in [0.25, 0.3) is 5.91 Å². The predicted molar refractivity (Wildman–Crippen MR) is 77.1 cm³/mol. The third kappa shape index (κ3) is 3.48. The molecule has 1 aliphatic carbocycles. The average Bonchev–Trinajstić information content (AvgIpc) is 3.22. The van der Waals surface area contributed by atoms with Crippen LogP contribution in [-0.2, 0) is 4.79 Å². The van der Waals surface area contributed by atoms with Crippen LogP contribution in [0.1, 0.15) is 35.7 Å². The maximum Gasteiger partial charge on any atom is 0.254 e. The fourth-order valence-electron chi connectivity index (χ4n) is 1.87. The highest BCUT2D eigenvalue weighted by molar-refractivity contribution is 6.01. The lowest BCUT2D eigenvalue weighted by Gasteiger charge is -2.15. The first kappa shape index (κ1) is 14.3. The van der Waals surface area contributed by atoms with Crippen molar-refractivity contribution in [3.63, 3.8) is 0 Å². The summed E-state index contributed by atoms with van der Waals surface area (Å²) in [7, 11) is 0. The Balaban J connectivity index is 2.01. The standard InChI is InChI=1S/C14H20N4O2/c1-8-3-6-11(12(7-8)18-15)14(20)16-9(2)13(19)17-10-4-5-10/h3,6-7,9-10,18H,4-5,15H2,1-2H3,(H,16,20)(H,17,19). The number of hydrogen-bond acceptors (Lipinski definition) is 4. The number of carbonyl (C=O) groups excluding carboxylic acids is 2. The maximum absolute atomic E-state index is 12.2. The molecule has 0 spiro atoms. The lowest BCUT2D eigenvalue weighted by molar-refractivity contribution is -0.122. The van der Waals surface area contributed by atoms with E-state index in [1.54, 1.807) is 19.1 Å². The number of nitrogens with one attached hydrogen (secondary N) is 3. The van der Waals surface area contributed by atoms with Gasteiger partial charge in [-0.1, -0.05) is 6.07 Å². The minimum Gasteiger partial charge on any atom is -0.352 e. The summed E-state index contributed by atoms with van der Waals surface area (Å²) in [4.78, 5) is 24.0. The number of anilines is 1. The third-order valence-electron chi connectivity index (χ3n) is 3.24. The Morgan fingerprint density at radius 1 is 1.35 bits per heavy atom. The lowest BCUT2D eigenvalue weighted by atomic mass is 10.1. The van der Waals surface area contributed by atoms with Crippen molar-refractivity contribution in [3.05, 3.63) is 29.3 Å². The number of benzene rings is 1. The van der Waals surface area contributed by atoms with Gasteiger partial charge in [-0.05, 0) is 44.4 Å². The van der Waals surface area contributed by atoms with Crippen LogP contribution in [0.3, 0.4) is 0 Å². The molecule has 1 atom stereocenters. The van der Waals surface area contributed by atoms with Crippen LogP contribution in [0.2, 0.25) is 0 Å². The molecule has 2 rings (SSSR count). The molecule has 108 valence electrons. The number of nitrogen functional groups attached to an aromatic ring is 1. The van der Waals surface area contributed by atoms with E-state index >= 15 is 0 Å². The van der Waals surface area contributed by atoms with Crippen LogP contribution >= 0.6 is 0 Å². The second-order valence-electron chi connectivity index (χ2n) is 5.17. The fraction of sp³-hybridized carbons (Fsp3) is 0.429. The molecule has 0 saturated heterocycles. The fourth-order valence-corrected chi connectivity index (χ4v) is 1.87. The summed E-state index contributed by atoms with van der Waals surface area (Å²) in [5, 5.41) is 5.53. The third-order valence-corrected chi connectivity index (χ3v) is 3.24. The van der Waals surface area contributed by atoms with Crippen LogP contribution in [0.5, 0.6) is 0 Å². The number of carbonyl (C=O) groups is 2. The summed E-state index contributed by atoms with van der Waals surface area (Å²) < 4.78 is 0. The smallest absolute Gasteiger partial charge is 0.254 e. The first-order chi connectivity index (χ1) is 9.51. The summed E-state index contributed by atoms with van der Waals surface area (Å²) in [6, 6.07) is 5.00. The number of nitrogens with two attached hydrogens (primary N) is 1. The SMILES string of the molecule is Cc1ccc(C(=O)NC(C)C(=O)NC2CC2)c(NN)c1. The largest absolute Gasteiger partial charge is 0.352 e. The molecule has 0 radical (unpaired) electrons. The van der Waals surface area contributed by atoms with Crippen molar-refractivity contribution < 1.29 is 9.59 Å². The summed E-state index contributed by atoms with van der Waals surface area (Å²) in [6.45, 7) is 3.58. The predicted octanol–water partition coefficient (Wildman–Crippen LogP) is 0.678. The molecule has 6 heteroatoms. The number of hydrogen-bond donors (Lipinski definition) is 4. The van der Waals surface area contributed by atoms with Crippen LogP contribution < -0.4 is 21.9 Å². The Hall–Kier alpha value is -2.08. The van der Waals surface area contributed by atoms with Gasteiger partial charge in [-0.25, -0.2) is 0 Å². The van der Waals surface area contributed by atoms with Crippen molar-refractivity contribution in [2.75, 3.05) is 5.43 Å². The van der Waals surface area contributed by atoms with Gasteiger partial charge in [0.15, 0.2) is 0 Å². The van der Waals surface area contributed by atoms with E-state index in [1.807, 2.05) is 13.0 Å². The quantitative estimate of drug-likeness (QED) is 0.469. The highest BCUT2D eigenvalue weighted by atomic mass is 16.2. The first-order valence-electron chi connectivity index (χ1n) is 6.69. The van der Waals surface area contributed by atoms with Gasteiger partial charge in [-0.2, -0.15) is 0 Å². The topological polar surface area (TPSA) is 96.2 Å². The molecule has 0 heterocycles. The zero-order valence-corrected chi connectivity index (χ0v) is 11.7. The van der Waals surface area contributed by atoms with Crippen molar-refractivity contribution >= 4 is 17.5 Å². The molecule has 1 fully saturated rings. The summed E-state index contributed by atoms with van der Waals surface area (Å²) >= 11 is 0. The monoisotopic (exact) mass is 276 g/mol. The van der Waals surface area contributed by atoms with Crippen LogP contribution in [0, 0.1) is 6.92 Å².